The van der Waals surface area contributed by atoms with Crippen molar-refractivity contribution in [1.29, 1.82) is 0 Å². The van der Waals surface area contributed by atoms with Gasteiger partial charge in [0, 0.05) is 12.5 Å². The molecule has 1 amide bonds. The molecule has 0 bridgehead atoms. The van der Waals surface area contributed by atoms with E-state index in [1.807, 2.05) is 0 Å². The van der Waals surface area contributed by atoms with Gasteiger partial charge in [-0.1, -0.05) is 6.92 Å². The zero-order chi connectivity index (χ0) is 35.1. The maximum absolute atomic E-state index is 13.7. The quantitative estimate of drug-likeness (QED) is 0.253. The molecule has 3 N–H and O–H groups in total. The second-order valence-electron chi connectivity index (χ2n) is 10.5. The smallest absolute Gasteiger partial charge is 0.416 e. The summed E-state index contributed by atoms with van der Waals surface area (Å²) in [5, 5.41) is 8.01. The van der Waals surface area contributed by atoms with Crippen LogP contribution < -0.4 is 15.4 Å². The average molecular weight is 700 g/mol. The first-order chi connectivity index (χ1) is 21.6. The Kier molecular flexibility index (Phi) is 9.74. The normalized spacial score (nSPS) is 17.3. The van der Waals surface area contributed by atoms with Crippen molar-refractivity contribution < 1.29 is 57.5 Å². The summed E-state index contributed by atoms with van der Waals surface area (Å²) in [6, 6.07) is 1.69. The summed E-state index contributed by atoms with van der Waals surface area (Å²) in [5.41, 5.74) is -5.53. The van der Waals surface area contributed by atoms with E-state index >= 15 is 0 Å². The fourth-order valence-corrected chi connectivity index (χ4v) is 5.81. The fourth-order valence-electron chi connectivity index (χ4n) is 5.17. The SMILES string of the molecule is CCOC(=O)N1c2ccc(C(F)(F)F)cc2[C@@H](Nc2ncc(S(N)(=O)=O)c(Cc3cc(C(F)(F)F)cc(C(F)(F)F)c3)n2)C[C@H]1CC. The summed E-state index contributed by atoms with van der Waals surface area (Å²) >= 11 is 0. The topological polar surface area (TPSA) is 128 Å². The number of halogens is 9. The third-order valence-electron chi connectivity index (χ3n) is 7.26. The van der Waals surface area contributed by atoms with Crippen LogP contribution in [0.5, 0.6) is 0 Å². The Balaban J connectivity index is 1.82. The molecule has 9 nitrogen and oxygen atoms in total. The van der Waals surface area contributed by atoms with Gasteiger partial charge < -0.3 is 10.1 Å². The van der Waals surface area contributed by atoms with Crippen molar-refractivity contribution >= 4 is 27.8 Å². The Morgan fingerprint density at radius 1 is 0.957 bits per heavy atom. The van der Waals surface area contributed by atoms with Crippen LogP contribution in [0.3, 0.4) is 0 Å². The maximum atomic E-state index is 13.7. The van der Waals surface area contributed by atoms with Crippen LogP contribution >= 0.6 is 0 Å². The third kappa shape index (κ3) is 8.06. The Hall–Kier alpha value is -4.13. The van der Waals surface area contributed by atoms with E-state index in [1.165, 1.54) is 4.90 Å². The predicted octanol–water partition coefficient (Wildman–Crippen LogP) is 7.07. The van der Waals surface area contributed by atoms with Gasteiger partial charge in [0.05, 0.1) is 46.9 Å². The van der Waals surface area contributed by atoms with Crippen LogP contribution in [0.4, 0.5) is 55.9 Å². The second kappa shape index (κ2) is 12.8. The number of fused-ring (bicyclic) bond motifs is 1. The van der Waals surface area contributed by atoms with Crippen LogP contribution in [0.15, 0.2) is 47.5 Å². The molecule has 3 aromatic rings. The van der Waals surface area contributed by atoms with Crippen molar-refractivity contribution in [2.75, 3.05) is 16.8 Å². The predicted molar refractivity (Wildman–Crippen MR) is 149 cm³/mol. The Labute approximate surface area is 262 Å². The maximum Gasteiger partial charge on any atom is 0.416 e. The molecule has 1 aromatic heterocycles. The summed E-state index contributed by atoms with van der Waals surface area (Å²) in [6.45, 7) is 3.24. The number of nitrogens with two attached hydrogens (primary N) is 1. The number of sulfonamides is 1. The molecule has 256 valence electrons. The molecule has 0 spiro atoms. The average Bonchev–Trinajstić information content (AvgIpc) is 2.94. The van der Waals surface area contributed by atoms with Crippen LogP contribution in [-0.4, -0.2) is 37.1 Å². The molecule has 0 unspecified atom stereocenters. The molecule has 47 heavy (non-hydrogen) atoms. The molecule has 0 saturated heterocycles. The highest BCUT2D eigenvalue weighted by molar-refractivity contribution is 7.89. The molecule has 1 aliphatic rings. The lowest BCUT2D eigenvalue weighted by Crippen LogP contribution is -2.46. The number of anilines is 2. The van der Waals surface area contributed by atoms with Gasteiger partial charge in [0.15, 0.2) is 0 Å². The first-order valence-electron chi connectivity index (χ1n) is 13.7. The number of hydrogen-bond donors (Lipinski definition) is 2. The molecule has 0 radical (unpaired) electrons. The summed E-state index contributed by atoms with van der Waals surface area (Å²) in [4.78, 5) is 21.1. The lowest BCUT2D eigenvalue weighted by Gasteiger charge is -2.40. The monoisotopic (exact) mass is 699 g/mol. The highest BCUT2D eigenvalue weighted by Gasteiger charge is 2.40. The highest BCUT2D eigenvalue weighted by Crippen LogP contribution is 2.43. The lowest BCUT2D eigenvalue weighted by molar-refractivity contribution is -0.143. The molecule has 0 aliphatic carbocycles. The Morgan fingerprint density at radius 2 is 1.55 bits per heavy atom. The van der Waals surface area contributed by atoms with E-state index in [0.29, 0.717) is 24.8 Å². The number of nitrogens with one attached hydrogen (secondary N) is 1. The zero-order valence-corrected chi connectivity index (χ0v) is 25.2. The molecule has 0 saturated carbocycles. The molecule has 0 fully saturated rings. The van der Waals surface area contributed by atoms with Gasteiger partial charge in [-0.05, 0) is 67.3 Å². The molecule has 2 heterocycles. The van der Waals surface area contributed by atoms with E-state index < -0.39 is 91.9 Å². The summed E-state index contributed by atoms with van der Waals surface area (Å²) < 4.78 is 151. The largest absolute Gasteiger partial charge is 0.449 e. The van der Waals surface area contributed by atoms with Crippen LogP contribution in [0.1, 0.15) is 66.2 Å². The van der Waals surface area contributed by atoms with Gasteiger partial charge in [0.25, 0.3) is 0 Å². The number of nitrogens with zero attached hydrogens (tertiary/aromatic N) is 3. The first kappa shape index (κ1) is 35.7. The van der Waals surface area contributed by atoms with Crippen LogP contribution in [-0.2, 0) is 39.7 Å². The number of amides is 1. The van der Waals surface area contributed by atoms with Crippen molar-refractivity contribution in [1.82, 2.24) is 9.97 Å². The van der Waals surface area contributed by atoms with Gasteiger partial charge in [-0.3, -0.25) is 4.90 Å². The van der Waals surface area contributed by atoms with Crippen molar-refractivity contribution in [2.24, 2.45) is 5.14 Å². The lowest BCUT2D eigenvalue weighted by atomic mass is 9.89. The van der Waals surface area contributed by atoms with Gasteiger partial charge in [0.2, 0.25) is 16.0 Å². The number of rotatable bonds is 7. The third-order valence-corrected chi connectivity index (χ3v) is 8.21. The number of primary sulfonamides is 1. The van der Waals surface area contributed by atoms with Crippen molar-refractivity contribution in [2.45, 2.75) is 68.6 Å². The van der Waals surface area contributed by atoms with Crippen LogP contribution in [0.2, 0.25) is 0 Å². The standard InChI is InChI=1S/C28H26F9N5O4S/c1-3-18-12-20(19-11-15(26(29,30)31)5-6-22(19)42(18)25(43)46-4-2)40-24-39-13-23(47(38,44)45)21(41-24)9-14-7-16(27(32,33)34)10-17(8-14)28(35,36)37/h5-8,10-11,13,18,20H,3-4,9,12H2,1-2H3,(H2,38,44,45)(H,39,40,41)/t18-,20+/m1/s1. The van der Waals surface area contributed by atoms with Crippen LogP contribution in [0, 0.1) is 0 Å². The van der Waals surface area contributed by atoms with E-state index in [0.717, 1.165) is 18.2 Å². The van der Waals surface area contributed by atoms with Crippen molar-refractivity contribution in [3.05, 3.63) is 76.1 Å². The number of hydrogen-bond acceptors (Lipinski definition) is 7. The minimum absolute atomic E-state index is 0.0211. The van der Waals surface area contributed by atoms with Crippen molar-refractivity contribution in [3.8, 4) is 0 Å². The zero-order valence-electron chi connectivity index (χ0n) is 24.4. The number of benzene rings is 2. The van der Waals surface area contributed by atoms with Gasteiger partial charge in [-0.2, -0.15) is 39.5 Å². The van der Waals surface area contributed by atoms with Crippen molar-refractivity contribution in [3.63, 3.8) is 0 Å². The molecule has 19 heteroatoms. The fraction of sp³-hybridized carbons (Fsp3) is 0.393. The van der Waals surface area contributed by atoms with E-state index in [9.17, 15) is 52.7 Å². The molecule has 2 aromatic carbocycles. The molecule has 4 rings (SSSR count). The summed E-state index contributed by atoms with van der Waals surface area (Å²) in [7, 11) is -4.67. The minimum Gasteiger partial charge on any atom is -0.449 e. The van der Waals surface area contributed by atoms with Gasteiger partial charge >= 0.3 is 24.6 Å². The number of alkyl halides is 9. The van der Waals surface area contributed by atoms with Gasteiger partial charge in [0.1, 0.15) is 4.90 Å². The number of ether oxygens (including phenoxy) is 1. The number of carbonyl (C=O) groups is 1. The summed E-state index contributed by atoms with van der Waals surface area (Å²) in [6.07, 6.45) is -15.9. The minimum atomic E-state index is -5.19. The molecular formula is C28H26F9N5O4S. The van der Waals surface area contributed by atoms with E-state index in [-0.39, 0.29) is 30.3 Å². The van der Waals surface area contributed by atoms with E-state index in [2.05, 4.69) is 15.3 Å². The van der Waals surface area contributed by atoms with Gasteiger partial charge in [-0.15, -0.1) is 0 Å². The molecular weight excluding hydrogens is 673 g/mol. The number of carbonyl (C=O) groups excluding carboxylic acids is 1. The Morgan fingerprint density at radius 3 is 2.06 bits per heavy atom. The molecule has 2 atom stereocenters. The first-order valence-corrected chi connectivity index (χ1v) is 15.3. The second-order valence-corrected chi connectivity index (χ2v) is 12.0. The molecule has 1 aliphatic heterocycles. The van der Waals surface area contributed by atoms with E-state index in [1.54, 1.807) is 13.8 Å². The highest BCUT2D eigenvalue weighted by atomic mass is 32.2. The van der Waals surface area contributed by atoms with Gasteiger partial charge in [-0.25, -0.2) is 28.3 Å². The van der Waals surface area contributed by atoms with Crippen LogP contribution in [0.25, 0.3) is 0 Å². The Bertz CT molecular complexity index is 1730. The summed E-state index contributed by atoms with van der Waals surface area (Å²) in [5.74, 6) is -0.428. The van der Waals surface area contributed by atoms with E-state index in [4.69, 9.17) is 9.88 Å². The number of aromatic nitrogens is 2.